The summed E-state index contributed by atoms with van der Waals surface area (Å²) in [5.74, 6) is 0.291. The van der Waals surface area contributed by atoms with Gasteiger partial charge >= 0.3 is 0 Å². The molecule has 22 heavy (non-hydrogen) atoms. The average Bonchev–Trinajstić information content (AvgIpc) is 2.90. The van der Waals surface area contributed by atoms with Gasteiger partial charge in [-0.15, -0.1) is 0 Å². The second-order valence-electron chi connectivity index (χ2n) is 5.04. The summed E-state index contributed by atoms with van der Waals surface area (Å²) in [6.07, 6.45) is -0.556. The predicted octanol–water partition coefficient (Wildman–Crippen LogP) is 1.82. The van der Waals surface area contributed by atoms with Crippen molar-refractivity contribution in [2.24, 2.45) is 0 Å². The Balaban J connectivity index is 2.34. The second-order valence-corrected chi connectivity index (χ2v) is 5.04. The Labute approximate surface area is 129 Å². The number of benzene rings is 1. The third-order valence-corrected chi connectivity index (χ3v) is 3.49. The van der Waals surface area contributed by atoms with E-state index in [0.717, 1.165) is 16.8 Å². The number of ether oxygens (including phenoxy) is 1. The summed E-state index contributed by atoms with van der Waals surface area (Å²) in [5.41, 5.74) is 2.85. The molecule has 118 valence electrons. The van der Waals surface area contributed by atoms with Crippen molar-refractivity contribution in [1.82, 2.24) is 9.78 Å². The van der Waals surface area contributed by atoms with Crippen LogP contribution in [-0.2, 0) is 16.1 Å². The van der Waals surface area contributed by atoms with Crippen molar-refractivity contribution >= 4 is 11.7 Å². The van der Waals surface area contributed by atoms with Crippen LogP contribution in [0.3, 0.4) is 0 Å². The van der Waals surface area contributed by atoms with Gasteiger partial charge in [0.1, 0.15) is 11.9 Å². The smallest absolute Gasteiger partial charge is 0.254 e. The van der Waals surface area contributed by atoms with E-state index in [1.54, 1.807) is 17.7 Å². The highest BCUT2D eigenvalue weighted by molar-refractivity contribution is 5.93. The van der Waals surface area contributed by atoms with E-state index in [-0.39, 0.29) is 12.5 Å². The van der Waals surface area contributed by atoms with E-state index in [0.29, 0.717) is 12.4 Å². The lowest BCUT2D eigenvalue weighted by Crippen LogP contribution is -2.28. The highest BCUT2D eigenvalue weighted by Crippen LogP contribution is 2.25. The molecule has 0 fully saturated rings. The van der Waals surface area contributed by atoms with E-state index in [9.17, 15) is 4.79 Å². The highest BCUT2D eigenvalue weighted by Gasteiger charge is 2.16. The maximum atomic E-state index is 12.0. The van der Waals surface area contributed by atoms with E-state index in [1.165, 1.54) is 7.11 Å². The van der Waals surface area contributed by atoms with E-state index in [2.05, 4.69) is 10.4 Å². The van der Waals surface area contributed by atoms with E-state index in [1.807, 2.05) is 31.2 Å². The third kappa shape index (κ3) is 3.52. The van der Waals surface area contributed by atoms with Crippen LogP contribution in [0.4, 0.5) is 5.82 Å². The van der Waals surface area contributed by atoms with Crippen molar-refractivity contribution in [3.63, 3.8) is 0 Å². The number of carbonyl (C=O) groups is 1. The minimum Gasteiger partial charge on any atom is -0.394 e. The Morgan fingerprint density at radius 3 is 2.82 bits per heavy atom. The molecule has 2 rings (SSSR count). The molecule has 1 heterocycles. The quantitative estimate of drug-likeness (QED) is 0.853. The first kappa shape index (κ1) is 16.2. The predicted molar refractivity (Wildman–Crippen MR) is 84.6 cm³/mol. The van der Waals surface area contributed by atoms with Crippen LogP contribution < -0.4 is 5.32 Å². The number of aliphatic hydroxyl groups is 1. The number of anilines is 1. The topological polar surface area (TPSA) is 76.4 Å². The normalized spacial score (nSPS) is 12.2. The summed E-state index contributed by atoms with van der Waals surface area (Å²) in [6.45, 7) is 3.93. The lowest BCUT2D eigenvalue weighted by atomic mass is 10.1. The number of nitrogens with zero attached hydrogens (tertiary/aromatic N) is 2. The van der Waals surface area contributed by atoms with Crippen molar-refractivity contribution in [1.29, 1.82) is 0 Å². The molecule has 0 radical (unpaired) electrons. The van der Waals surface area contributed by atoms with E-state index in [4.69, 9.17) is 9.84 Å². The molecule has 1 aromatic heterocycles. The monoisotopic (exact) mass is 303 g/mol. The van der Waals surface area contributed by atoms with Crippen LogP contribution in [0.5, 0.6) is 0 Å². The van der Waals surface area contributed by atoms with Gasteiger partial charge in [0.05, 0.1) is 18.8 Å². The minimum absolute atomic E-state index is 0.0579. The van der Waals surface area contributed by atoms with Gasteiger partial charge in [-0.25, -0.2) is 4.68 Å². The Kier molecular flexibility index (Phi) is 5.30. The molecule has 1 atom stereocenters. The molecule has 1 amide bonds. The van der Waals surface area contributed by atoms with Crippen LogP contribution >= 0.6 is 0 Å². The van der Waals surface area contributed by atoms with Gasteiger partial charge in [-0.1, -0.05) is 24.3 Å². The molecule has 2 aromatic rings. The largest absolute Gasteiger partial charge is 0.394 e. The summed E-state index contributed by atoms with van der Waals surface area (Å²) >= 11 is 0. The lowest BCUT2D eigenvalue weighted by Gasteiger charge is -2.11. The van der Waals surface area contributed by atoms with Crippen LogP contribution in [-0.4, -0.2) is 40.6 Å². The molecule has 0 aliphatic rings. The first-order valence-corrected chi connectivity index (χ1v) is 7.15. The number of carbonyl (C=O) groups excluding carboxylic acids is 1. The molecule has 1 unspecified atom stereocenters. The molecule has 2 N–H and O–H groups in total. The van der Waals surface area contributed by atoms with Gasteiger partial charge in [-0.05, 0) is 19.4 Å². The highest BCUT2D eigenvalue weighted by atomic mass is 16.5. The summed E-state index contributed by atoms with van der Waals surface area (Å²) < 4.78 is 6.59. The lowest BCUT2D eigenvalue weighted by molar-refractivity contribution is -0.124. The Morgan fingerprint density at radius 2 is 2.18 bits per heavy atom. The van der Waals surface area contributed by atoms with Crippen LogP contribution in [0, 0.1) is 6.92 Å². The van der Waals surface area contributed by atoms with Crippen molar-refractivity contribution in [2.75, 3.05) is 19.0 Å². The van der Waals surface area contributed by atoms with Crippen LogP contribution in [0.2, 0.25) is 0 Å². The first-order valence-electron chi connectivity index (χ1n) is 7.15. The van der Waals surface area contributed by atoms with Gasteiger partial charge in [0.15, 0.2) is 0 Å². The molecule has 6 heteroatoms. The third-order valence-electron chi connectivity index (χ3n) is 3.49. The van der Waals surface area contributed by atoms with Crippen molar-refractivity contribution in [3.8, 4) is 11.3 Å². The number of hydrogen-bond acceptors (Lipinski definition) is 4. The molecule has 6 nitrogen and oxygen atoms in total. The van der Waals surface area contributed by atoms with Gasteiger partial charge in [-0.3, -0.25) is 4.79 Å². The standard InChI is InChI=1S/C16H21N3O3/c1-11-6-4-5-7-13(11)14-10-15(19(18-14)8-9-20)17-16(21)12(2)22-3/h4-7,10,12,20H,8-9H2,1-3H3,(H,17,21). The number of aryl methyl sites for hydroxylation is 1. The molecule has 1 aromatic carbocycles. The van der Waals surface area contributed by atoms with Crippen LogP contribution in [0.25, 0.3) is 11.3 Å². The Hall–Kier alpha value is -2.18. The number of aliphatic hydroxyl groups excluding tert-OH is 1. The zero-order valence-corrected chi connectivity index (χ0v) is 13.0. The Bertz CT molecular complexity index is 652. The fourth-order valence-electron chi connectivity index (χ4n) is 2.11. The molecule has 0 aliphatic carbocycles. The molecule has 0 aliphatic heterocycles. The fraction of sp³-hybridized carbons (Fsp3) is 0.375. The molecular formula is C16H21N3O3. The van der Waals surface area contributed by atoms with Gasteiger partial charge in [-0.2, -0.15) is 5.10 Å². The fourth-order valence-corrected chi connectivity index (χ4v) is 2.11. The number of aromatic nitrogens is 2. The van der Waals surface area contributed by atoms with Crippen molar-refractivity contribution < 1.29 is 14.6 Å². The molecule has 0 bridgehead atoms. The van der Waals surface area contributed by atoms with E-state index < -0.39 is 6.10 Å². The SMILES string of the molecule is COC(C)C(=O)Nc1cc(-c2ccccc2C)nn1CCO. The minimum atomic E-state index is -0.556. The molecule has 0 spiro atoms. The molecule has 0 saturated carbocycles. The number of amides is 1. The summed E-state index contributed by atoms with van der Waals surface area (Å²) in [5, 5.41) is 16.4. The Morgan fingerprint density at radius 1 is 1.45 bits per heavy atom. The number of nitrogens with one attached hydrogen (secondary N) is 1. The zero-order chi connectivity index (χ0) is 16.1. The van der Waals surface area contributed by atoms with Crippen molar-refractivity contribution in [2.45, 2.75) is 26.5 Å². The summed E-state index contributed by atoms with van der Waals surface area (Å²) in [4.78, 5) is 12.0. The van der Waals surface area contributed by atoms with Gasteiger partial charge < -0.3 is 15.2 Å². The average molecular weight is 303 g/mol. The maximum Gasteiger partial charge on any atom is 0.254 e. The molecule has 0 saturated heterocycles. The van der Waals surface area contributed by atoms with Gasteiger partial charge in [0, 0.05) is 18.7 Å². The summed E-state index contributed by atoms with van der Waals surface area (Å²) in [6, 6.07) is 9.69. The first-order chi connectivity index (χ1) is 10.6. The van der Waals surface area contributed by atoms with Crippen molar-refractivity contribution in [3.05, 3.63) is 35.9 Å². The second kappa shape index (κ2) is 7.20. The number of hydrogen-bond donors (Lipinski definition) is 2. The van der Waals surface area contributed by atoms with Gasteiger partial charge in [0.25, 0.3) is 5.91 Å². The number of methoxy groups -OCH3 is 1. The number of rotatable bonds is 6. The van der Waals surface area contributed by atoms with Crippen LogP contribution in [0.15, 0.2) is 30.3 Å². The molecular weight excluding hydrogens is 282 g/mol. The van der Waals surface area contributed by atoms with Gasteiger partial charge in [0.2, 0.25) is 0 Å². The van der Waals surface area contributed by atoms with Crippen LogP contribution in [0.1, 0.15) is 12.5 Å². The van der Waals surface area contributed by atoms with E-state index >= 15 is 0 Å². The maximum absolute atomic E-state index is 12.0. The summed E-state index contributed by atoms with van der Waals surface area (Å²) in [7, 11) is 1.48. The zero-order valence-electron chi connectivity index (χ0n) is 13.0.